The molecule has 1 rings (SSSR count). The summed E-state index contributed by atoms with van der Waals surface area (Å²) in [5.41, 5.74) is 1.01. The zero-order chi connectivity index (χ0) is 13.0. The van der Waals surface area contributed by atoms with Crippen molar-refractivity contribution in [2.24, 2.45) is 0 Å². The van der Waals surface area contributed by atoms with Crippen molar-refractivity contribution in [1.29, 1.82) is 0 Å². The predicted octanol–water partition coefficient (Wildman–Crippen LogP) is 1.33. The summed E-state index contributed by atoms with van der Waals surface area (Å²) in [7, 11) is 0. The SMILES string of the molecule is CCN(C(=O)c1cccc(C)n1)C(C)C(=O)O. The van der Waals surface area contributed by atoms with Gasteiger partial charge in [0.05, 0.1) is 0 Å². The maximum Gasteiger partial charge on any atom is 0.326 e. The van der Waals surface area contributed by atoms with Gasteiger partial charge in [0, 0.05) is 12.2 Å². The molecule has 0 aliphatic heterocycles. The summed E-state index contributed by atoms with van der Waals surface area (Å²) in [4.78, 5) is 28.3. The first-order valence-corrected chi connectivity index (χ1v) is 5.44. The molecule has 1 heterocycles. The summed E-state index contributed by atoms with van der Waals surface area (Å²) in [5, 5.41) is 8.92. The maximum absolute atomic E-state index is 12.1. The van der Waals surface area contributed by atoms with E-state index in [-0.39, 0.29) is 11.6 Å². The molecule has 0 spiro atoms. The number of hydrogen-bond donors (Lipinski definition) is 1. The molecule has 0 aliphatic rings. The van der Waals surface area contributed by atoms with Crippen LogP contribution in [0.25, 0.3) is 0 Å². The molecular weight excluding hydrogens is 220 g/mol. The van der Waals surface area contributed by atoms with Crippen LogP contribution in [-0.4, -0.2) is 39.5 Å². The van der Waals surface area contributed by atoms with Gasteiger partial charge in [0.15, 0.2) is 0 Å². The third-order valence-corrected chi connectivity index (χ3v) is 2.53. The second-order valence-electron chi connectivity index (χ2n) is 3.77. The van der Waals surface area contributed by atoms with E-state index in [4.69, 9.17) is 5.11 Å². The lowest BCUT2D eigenvalue weighted by Crippen LogP contribution is -2.43. The second-order valence-corrected chi connectivity index (χ2v) is 3.77. The van der Waals surface area contributed by atoms with Crippen LogP contribution in [0.5, 0.6) is 0 Å². The molecule has 1 aromatic heterocycles. The monoisotopic (exact) mass is 236 g/mol. The summed E-state index contributed by atoms with van der Waals surface area (Å²) in [6.45, 7) is 5.35. The summed E-state index contributed by atoms with van der Waals surface area (Å²) < 4.78 is 0. The summed E-state index contributed by atoms with van der Waals surface area (Å²) >= 11 is 0. The Kier molecular flexibility index (Phi) is 4.20. The van der Waals surface area contributed by atoms with Gasteiger partial charge in [-0.2, -0.15) is 0 Å². The fourth-order valence-electron chi connectivity index (χ4n) is 1.54. The number of carboxylic acids is 1. The maximum atomic E-state index is 12.1. The Labute approximate surface area is 100 Å². The van der Waals surface area contributed by atoms with Crippen LogP contribution in [0.15, 0.2) is 18.2 Å². The van der Waals surface area contributed by atoms with Gasteiger partial charge in [-0.3, -0.25) is 4.79 Å². The molecule has 1 N–H and O–H groups in total. The van der Waals surface area contributed by atoms with Crippen LogP contribution in [0.4, 0.5) is 0 Å². The van der Waals surface area contributed by atoms with E-state index in [2.05, 4.69) is 4.98 Å². The summed E-state index contributed by atoms with van der Waals surface area (Å²) in [6.07, 6.45) is 0. The number of carboxylic acid groups (broad SMARTS) is 1. The first-order chi connectivity index (χ1) is 7.97. The fourth-order valence-corrected chi connectivity index (χ4v) is 1.54. The first kappa shape index (κ1) is 13.2. The van der Waals surface area contributed by atoms with E-state index >= 15 is 0 Å². The van der Waals surface area contributed by atoms with Crippen molar-refractivity contribution in [2.45, 2.75) is 26.8 Å². The lowest BCUT2D eigenvalue weighted by Gasteiger charge is -2.24. The molecular formula is C12H16N2O3. The number of amides is 1. The van der Waals surface area contributed by atoms with Crippen LogP contribution >= 0.6 is 0 Å². The molecule has 5 heteroatoms. The van der Waals surface area contributed by atoms with Crippen molar-refractivity contribution >= 4 is 11.9 Å². The Bertz CT molecular complexity index is 432. The van der Waals surface area contributed by atoms with Crippen molar-refractivity contribution < 1.29 is 14.7 Å². The third-order valence-electron chi connectivity index (χ3n) is 2.53. The fraction of sp³-hybridized carbons (Fsp3) is 0.417. The van der Waals surface area contributed by atoms with Gasteiger partial charge in [-0.25, -0.2) is 9.78 Å². The second kappa shape index (κ2) is 5.43. The highest BCUT2D eigenvalue weighted by Gasteiger charge is 2.25. The number of likely N-dealkylation sites (N-methyl/N-ethyl adjacent to an activating group) is 1. The minimum absolute atomic E-state index is 0.278. The quantitative estimate of drug-likeness (QED) is 0.856. The molecule has 0 aliphatic carbocycles. The van der Waals surface area contributed by atoms with Gasteiger partial charge >= 0.3 is 5.97 Å². The van der Waals surface area contributed by atoms with E-state index in [1.54, 1.807) is 32.0 Å². The van der Waals surface area contributed by atoms with E-state index < -0.39 is 12.0 Å². The van der Waals surface area contributed by atoms with E-state index in [9.17, 15) is 9.59 Å². The van der Waals surface area contributed by atoms with Crippen LogP contribution in [0.2, 0.25) is 0 Å². The largest absolute Gasteiger partial charge is 0.480 e. The van der Waals surface area contributed by atoms with Crippen LogP contribution in [0.1, 0.15) is 30.0 Å². The molecule has 92 valence electrons. The molecule has 0 bridgehead atoms. The molecule has 17 heavy (non-hydrogen) atoms. The van der Waals surface area contributed by atoms with Gasteiger partial charge in [0.1, 0.15) is 11.7 Å². The number of aliphatic carboxylic acids is 1. The zero-order valence-corrected chi connectivity index (χ0v) is 10.2. The molecule has 1 amide bonds. The van der Waals surface area contributed by atoms with Gasteiger partial charge in [0.2, 0.25) is 0 Å². The smallest absolute Gasteiger partial charge is 0.326 e. The van der Waals surface area contributed by atoms with Crippen molar-refractivity contribution in [3.8, 4) is 0 Å². The molecule has 1 unspecified atom stereocenters. The molecule has 5 nitrogen and oxygen atoms in total. The molecule has 0 saturated heterocycles. The van der Waals surface area contributed by atoms with E-state index in [1.165, 1.54) is 11.8 Å². The van der Waals surface area contributed by atoms with Gasteiger partial charge in [-0.1, -0.05) is 6.07 Å². The highest BCUT2D eigenvalue weighted by atomic mass is 16.4. The number of pyridine rings is 1. The highest BCUT2D eigenvalue weighted by Crippen LogP contribution is 2.07. The van der Waals surface area contributed by atoms with Crippen molar-refractivity contribution in [3.63, 3.8) is 0 Å². The van der Waals surface area contributed by atoms with Crippen LogP contribution < -0.4 is 0 Å². The van der Waals surface area contributed by atoms with Gasteiger partial charge in [-0.05, 0) is 32.9 Å². The number of hydrogen-bond acceptors (Lipinski definition) is 3. The number of nitrogens with zero attached hydrogens (tertiary/aromatic N) is 2. The number of carbonyl (C=O) groups is 2. The van der Waals surface area contributed by atoms with E-state index in [0.29, 0.717) is 6.54 Å². The molecule has 0 fully saturated rings. The Hall–Kier alpha value is -1.91. The average Bonchev–Trinajstić information content (AvgIpc) is 2.29. The van der Waals surface area contributed by atoms with Crippen LogP contribution in [-0.2, 0) is 4.79 Å². The Morgan fingerprint density at radius 1 is 1.47 bits per heavy atom. The molecule has 1 atom stereocenters. The van der Waals surface area contributed by atoms with Crippen molar-refractivity contribution in [1.82, 2.24) is 9.88 Å². The topological polar surface area (TPSA) is 70.5 Å². The van der Waals surface area contributed by atoms with Crippen molar-refractivity contribution in [3.05, 3.63) is 29.6 Å². The molecule has 0 aromatic carbocycles. The highest BCUT2D eigenvalue weighted by molar-refractivity contribution is 5.94. The molecule has 0 saturated carbocycles. The third kappa shape index (κ3) is 3.03. The van der Waals surface area contributed by atoms with Crippen LogP contribution in [0, 0.1) is 6.92 Å². The Morgan fingerprint density at radius 2 is 2.12 bits per heavy atom. The number of rotatable bonds is 4. The minimum atomic E-state index is -1.02. The summed E-state index contributed by atoms with van der Waals surface area (Å²) in [6, 6.07) is 4.25. The number of carbonyl (C=O) groups excluding carboxylic acids is 1. The lowest BCUT2D eigenvalue weighted by atomic mass is 10.2. The number of aromatic nitrogens is 1. The average molecular weight is 236 g/mol. The van der Waals surface area contributed by atoms with Gasteiger partial charge in [-0.15, -0.1) is 0 Å². The van der Waals surface area contributed by atoms with Crippen LogP contribution in [0.3, 0.4) is 0 Å². The van der Waals surface area contributed by atoms with Crippen molar-refractivity contribution in [2.75, 3.05) is 6.54 Å². The first-order valence-electron chi connectivity index (χ1n) is 5.44. The predicted molar refractivity (Wildman–Crippen MR) is 62.8 cm³/mol. The Morgan fingerprint density at radius 3 is 2.59 bits per heavy atom. The molecule has 0 radical (unpaired) electrons. The number of aryl methyl sites for hydroxylation is 1. The summed E-state index contributed by atoms with van der Waals surface area (Å²) in [5.74, 6) is -1.38. The Balaban J connectivity index is 2.98. The standard InChI is InChI=1S/C12H16N2O3/c1-4-14(9(3)12(16)17)11(15)10-7-5-6-8(2)13-10/h5-7,9H,4H2,1-3H3,(H,16,17). The minimum Gasteiger partial charge on any atom is -0.480 e. The van der Waals surface area contributed by atoms with E-state index in [0.717, 1.165) is 5.69 Å². The van der Waals surface area contributed by atoms with E-state index in [1.807, 2.05) is 0 Å². The normalized spacial score (nSPS) is 11.9. The zero-order valence-electron chi connectivity index (χ0n) is 10.2. The van der Waals surface area contributed by atoms with Gasteiger partial charge in [0.25, 0.3) is 5.91 Å². The van der Waals surface area contributed by atoms with Gasteiger partial charge < -0.3 is 10.0 Å². The molecule has 1 aromatic rings. The lowest BCUT2D eigenvalue weighted by molar-refractivity contribution is -0.141.